The monoisotopic (exact) mass is 485 g/mol. The number of pyridine rings is 1. The van der Waals surface area contributed by atoms with Crippen LogP contribution in [0, 0.1) is 5.41 Å². The molecule has 0 aliphatic carbocycles. The van der Waals surface area contributed by atoms with Crippen LogP contribution in [0.2, 0.25) is 5.02 Å². The lowest BCUT2D eigenvalue weighted by Crippen LogP contribution is -2.72. The molecule has 1 unspecified atom stereocenters. The van der Waals surface area contributed by atoms with Crippen molar-refractivity contribution in [3.63, 3.8) is 0 Å². The zero-order valence-electron chi connectivity index (χ0n) is 18.5. The summed E-state index contributed by atoms with van der Waals surface area (Å²) in [5, 5.41) is 10.8. The summed E-state index contributed by atoms with van der Waals surface area (Å²) in [7, 11) is 1.71. The number of Topliss-reactive ketones (excluding diaryl/α,β-unsaturated/α-hetero) is 1. The van der Waals surface area contributed by atoms with Gasteiger partial charge in [-0.1, -0.05) is 16.8 Å². The van der Waals surface area contributed by atoms with Gasteiger partial charge in [-0.15, -0.1) is 0 Å². The number of carbonyl (C=O) groups excluding carboxylic acids is 3. The summed E-state index contributed by atoms with van der Waals surface area (Å²) in [5.41, 5.74) is 0.433. The summed E-state index contributed by atoms with van der Waals surface area (Å²) in [4.78, 5) is 49.6. The minimum Gasteiger partial charge on any atom is -0.372 e. The van der Waals surface area contributed by atoms with Crippen molar-refractivity contribution in [3.05, 3.63) is 17.0 Å². The van der Waals surface area contributed by atoms with Crippen molar-refractivity contribution in [1.82, 2.24) is 30.2 Å². The number of hydrogen-bond donors (Lipinski definition) is 1. The second kappa shape index (κ2) is 7.06. The normalized spacial score (nSPS) is 28.9. The van der Waals surface area contributed by atoms with Crippen LogP contribution in [0.5, 0.6) is 0 Å². The number of ether oxygens (including phenoxy) is 1. The van der Waals surface area contributed by atoms with Gasteiger partial charge in [-0.05, 0) is 13.8 Å². The van der Waals surface area contributed by atoms with Crippen molar-refractivity contribution in [2.45, 2.75) is 44.9 Å². The first-order valence-corrected chi connectivity index (χ1v) is 11.2. The number of halogens is 1. The Kier molecular flexibility index (Phi) is 4.40. The standard InChI is InChI=1S/C21H20ClN7O5/c1-8-6-29-16-10(5-21(18(29)9(2)33-8)11(30)4-12(31)26-20(21)32)25-14-15(19-23-7-24-28(19)3)27-34-17(14)13(16)22/h7-9,18H,4-6H2,1-3H3,(H,26,31,32)/t8-,9+,18-,21?/m1/s1. The molecule has 2 saturated heterocycles. The van der Waals surface area contributed by atoms with Crippen LogP contribution < -0.4 is 10.2 Å². The molecule has 2 fully saturated rings. The van der Waals surface area contributed by atoms with Crippen LogP contribution in [0.25, 0.3) is 22.6 Å². The number of hydrogen-bond acceptors (Lipinski definition) is 10. The maximum absolute atomic E-state index is 13.4. The summed E-state index contributed by atoms with van der Waals surface area (Å²) in [6, 6.07) is -0.672. The van der Waals surface area contributed by atoms with Gasteiger partial charge in [-0.2, -0.15) is 5.10 Å². The molecule has 4 atom stereocenters. The van der Waals surface area contributed by atoms with Crippen LogP contribution in [0.15, 0.2) is 10.9 Å². The second-order valence-corrected chi connectivity index (χ2v) is 9.39. The molecule has 34 heavy (non-hydrogen) atoms. The lowest BCUT2D eigenvalue weighted by molar-refractivity contribution is -0.158. The maximum Gasteiger partial charge on any atom is 0.242 e. The first-order chi connectivity index (χ1) is 16.2. The van der Waals surface area contributed by atoms with Gasteiger partial charge in [-0.25, -0.2) is 14.6 Å². The molecule has 1 N–H and O–H groups in total. The molecule has 13 heteroatoms. The number of morpholine rings is 1. The number of fused-ring (bicyclic) bond motifs is 5. The van der Waals surface area contributed by atoms with Crippen molar-refractivity contribution in [3.8, 4) is 11.5 Å². The highest BCUT2D eigenvalue weighted by Crippen LogP contribution is 2.51. The van der Waals surface area contributed by atoms with Crippen LogP contribution in [-0.2, 0) is 32.6 Å². The van der Waals surface area contributed by atoms with E-state index in [4.69, 9.17) is 25.8 Å². The highest BCUT2D eigenvalue weighted by molar-refractivity contribution is 6.38. The Hall–Kier alpha value is -3.38. The maximum atomic E-state index is 13.4. The highest BCUT2D eigenvalue weighted by atomic mass is 35.5. The molecular weight excluding hydrogens is 466 g/mol. The third-order valence-electron chi connectivity index (χ3n) is 6.91. The first-order valence-electron chi connectivity index (χ1n) is 10.8. The van der Waals surface area contributed by atoms with Crippen LogP contribution in [0.4, 0.5) is 5.69 Å². The molecule has 3 aromatic heterocycles. The molecule has 2 amide bonds. The molecule has 3 aliphatic rings. The van der Waals surface area contributed by atoms with Gasteiger partial charge in [0.05, 0.1) is 36.1 Å². The van der Waals surface area contributed by atoms with Gasteiger partial charge < -0.3 is 14.2 Å². The van der Waals surface area contributed by atoms with E-state index in [9.17, 15) is 14.4 Å². The number of aromatic nitrogens is 5. The molecule has 12 nitrogen and oxygen atoms in total. The van der Waals surface area contributed by atoms with E-state index < -0.39 is 35.2 Å². The van der Waals surface area contributed by atoms with Crippen molar-refractivity contribution >= 4 is 46.0 Å². The van der Waals surface area contributed by atoms with Gasteiger partial charge in [0.1, 0.15) is 22.3 Å². The van der Waals surface area contributed by atoms with Gasteiger partial charge in [0.15, 0.2) is 17.3 Å². The molecule has 0 bridgehead atoms. The Morgan fingerprint density at radius 1 is 1.26 bits per heavy atom. The SMILES string of the molecule is C[C@@H]1CN2c3c(nc4c(-c5ncnn5C)noc4c3Cl)CC3(C(=O)CC(=O)NC3=O)[C@H]2[C@H](C)O1. The lowest BCUT2D eigenvalue weighted by atomic mass is 9.64. The van der Waals surface area contributed by atoms with E-state index >= 15 is 0 Å². The Bertz CT molecular complexity index is 1380. The summed E-state index contributed by atoms with van der Waals surface area (Å²) >= 11 is 6.87. The molecule has 6 heterocycles. The number of anilines is 1. The Balaban J connectivity index is 1.61. The highest BCUT2D eigenvalue weighted by Gasteiger charge is 2.63. The Labute approximate surface area is 197 Å². The summed E-state index contributed by atoms with van der Waals surface area (Å²) in [5.74, 6) is -1.28. The number of imide groups is 1. The molecule has 0 radical (unpaired) electrons. The van der Waals surface area contributed by atoms with Gasteiger partial charge in [0.25, 0.3) is 0 Å². The molecule has 1 spiro atoms. The topological polar surface area (TPSA) is 145 Å². The number of rotatable bonds is 1. The Morgan fingerprint density at radius 2 is 2.06 bits per heavy atom. The third-order valence-corrected chi connectivity index (χ3v) is 7.27. The third kappa shape index (κ3) is 2.66. The van der Waals surface area contributed by atoms with Crippen LogP contribution >= 0.6 is 11.6 Å². The number of aryl methyl sites for hydroxylation is 1. The zero-order chi connectivity index (χ0) is 23.9. The van der Waals surface area contributed by atoms with E-state index in [-0.39, 0.29) is 29.6 Å². The molecule has 3 aliphatic heterocycles. The molecule has 176 valence electrons. The molecule has 0 saturated carbocycles. The summed E-state index contributed by atoms with van der Waals surface area (Å²) in [6.07, 6.45) is 0.265. The summed E-state index contributed by atoms with van der Waals surface area (Å²) in [6.45, 7) is 4.09. The Morgan fingerprint density at radius 3 is 2.76 bits per heavy atom. The van der Waals surface area contributed by atoms with Crippen molar-refractivity contribution in [1.29, 1.82) is 0 Å². The van der Waals surface area contributed by atoms with Crippen LogP contribution in [0.1, 0.15) is 26.0 Å². The summed E-state index contributed by atoms with van der Waals surface area (Å²) < 4.78 is 13.1. The second-order valence-electron chi connectivity index (χ2n) is 9.01. The largest absolute Gasteiger partial charge is 0.372 e. The molecule has 6 rings (SSSR count). The van der Waals surface area contributed by atoms with Crippen molar-refractivity contribution in [2.75, 3.05) is 11.4 Å². The van der Waals surface area contributed by atoms with E-state index in [1.54, 1.807) is 7.05 Å². The fourth-order valence-corrected chi connectivity index (χ4v) is 5.95. The number of piperidine rings is 1. The number of nitrogens with zero attached hydrogens (tertiary/aromatic N) is 6. The molecule has 3 aromatic rings. The van der Waals surface area contributed by atoms with Crippen molar-refractivity contribution < 1.29 is 23.6 Å². The average Bonchev–Trinajstić information content (AvgIpc) is 3.37. The predicted molar refractivity (Wildman–Crippen MR) is 117 cm³/mol. The van der Waals surface area contributed by atoms with E-state index in [1.165, 1.54) is 11.0 Å². The zero-order valence-corrected chi connectivity index (χ0v) is 19.3. The predicted octanol–water partition coefficient (Wildman–Crippen LogP) is 0.812. The fraction of sp³-hybridized carbons (Fsp3) is 0.476. The van der Waals surface area contributed by atoms with E-state index in [1.807, 2.05) is 18.7 Å². The minimum absolute atomic E-state index is 0.0391. The smallest absolute Gasteiger partial charge is 0.242 e. The van der Waals surface area contributed by atoms with Gasteiger partial charge in [0.2, 0.25) is 17.4 Å². The van der Waals surface area contributed by atoms with Crippen LogP contribution in [0.3, 0.4) is 0 Å². The van der Waals surface area contributed by atoms with Gasteiger partial charge >= 0.3 is 0 Å². The van der Waals surface area contributed by atoms with Gasteiger partial charge in [-0.3, -0.25) is 19.7 Å². The number of carbonyl (C=O) groups is 3. The quantitative estimate of drug-likeness (QED) is 0.388. The molecule has 0 aromatic carbocycles. The minimum atomic E-state index is -1.55. The van der Waals surface area contributed by atoms with E-state index in [0.717, 1.165) is 0 Å². The number of amides is 2. The number of nitrogens with one attached hydrogen (secondary N) is 1. The van der Waals surface area contributed by atoms with E-state index in [0.29, 0.717) is 35.0 Å². The lowest BCUT2D eigenvalue weighted by Gasteiger charge is -2.55. The average molecular weight is 486 g/mol. The van der Waals surface area contributed by atoms with Crippen molar-refractivity contribution in [2.24, 2.45) is 12.5 Å². The first kappa shape index (κ1) is 21.2. The van der Waals surface area contributed by atoms with E-state index in [2.05, 4.69) is 20.6 Å². The number of ketones is 1. The molecular formula is C21H20ClN7O5. The van der Waals surface area contributed by atoms with Crippen LogP contribution in [-0.4, -0.2) is 67.3 Å². The fourth-order valence-electron chi connectivity index (χ4n) is 5.61. The van der Waals surface area contributed by atoms with Gasteiger partial charge in [0, 0.05) is 20.0 Å².